The van der Waals surface area contributed by atoms with Crippen molar-refractivity contribution in [3.8, 4) is 0 Å². The van der Waals surface area contributed by atoms with Crippen LogP contribution in [-0.4, -0.2) is 25.7 Å². The van der Waals surface area contributed by atoms with Crippen molar-refractivity contribution < 1.29 is 9.53 Å². The van der Waals surface area contributed by atoms with Gasteiger partial charge in [-0.2, -0.15) is 0 Å². The summed E-state index contributed by atoms with van der Waals surface area (Å²) in [6, 6.07) is 0.532. The molecule has 8 atom stereocenters. The molecule has 0 radical (unpaired) electrons. The van der Waals surface area contributed by atoms with E-state index in [4.69, 9.17) is 4.74 Å². The molecule has 4 rings (SSSR count). The molecule has 1 N–H and O–H groups in total. The minimum Gasteiger partial charge on any atom is -0.469 e. The van der Waals surface area contributed by atoms with Crippen LogP contribution in [0.5, 0.6) is 0 Å². The zero-order valence-corrected chi connectivity index (χ0v) is 19.4. The molecule has 0 amide bonds. The van der Waals surface area contributed by atoms with E-state index in [1.165, 1.54) is 38.5 Å². The van der Waals surface area contributed by atoms with Gasteiger partial charge in [0.25, 0.3) is 0 Å². The third-order valence-corrected chi connectivity index (χ3v) is 9.78. The first kappa shape index (κ1) is 21.4. The predicted molar refractivity (Wildman–Crippen MR) is 118 cm³/mol. The first-order chi connectivity index (χ1) is 13.8. The van der Waals surface area contributed by atoms with Gasteiger partial charge in [-0.1, -0.05) is 39.8 Å². The van der Waals surface area contributed by atoms with Gasteiger partial charge in [-0.05, 0) is 98.3 Å². The number of hydrogen-bond donors (Lipinski definition) is 1. The number of carbonyl (C=O) groups is 1. The monoisotopic (exact) mass is 401 g/mol. The topological polar surface area (TPSA) is 38.3 Å². The summed E-state index contributed by atoms with van der Waals surface area (Å²) >= 11 is 0. The average Bonchev–Trinajstić information content (AvgIpc) is 3.03. The molecular weight excluding hydrogens is 358 g/mol. The van der Waals surface area contributed by atoms with Crippen molar-refractivity contribution in [2.45, 2.75) is 85.1 Å². The Morgan fingerprint density at radius 3 is 2.66 bits per heavy atom. The van der Waals surface area contributed by atoms with Crippen molar-refractivity contribution in [2.24, 2.45) is 46.3 Å². The van der Waals surface area contributed by atoms with Gasteiger partial charge in [0.2, 0.25) is 0 Å². The van der Waals surface area contributed by atoms with E-state index in [1.807, 2.05) is 0 Å². The average molecular weight is 402 g/mol. The number of rotatable bonds is 5. The summed E-state index contributed by atoms with van der Waals surface area (Å²) in [5.74, 6) is 3.88. The third kappa shape index (κ3) is 3.50. The van der Waals surface area contributed by atoms with E-state index in [0.717, 1.165) is 43.1 Å². The van der Waals surface area contributed by atoms with Crippen LogP contribution in [0.2, 0.25) is 0 Å². The molecule has 164 valence electrons. The maximum absolute atomic E-state index is 12.7. The van der Waals surface area contributed by atoms with Crippen LogP contribution < -0.4 is 5.32 Å². The van der Waals surface area contributed by atoms with Gasteiger partial charge in [-0.3, -0.25) is 4.79 Å². The Hall–Kier alpha value is -0.830. The van der Waals surface area contributed by atoms with Crippen molar-refractivity contribution >= 4 is 5.97 Å². The molecule has 3 nitrogen and oxygen atoms in total. The Morgan fingerprint density at radius 2 is 1.93 bits per heavy atom. The summed E-state index contributed by atoms with van der Waals surface area (Å²) in [6.07, 6.45) is 14.7. The summed E-state index contributed by atoms with van der Waals surface area (Å²) in [4.78, 5) is 12.7. The van der Waals surface area contributed by atoms with Gasteiger partial charge in [0.1, 0.15) is 0 Å². The number of methoxy groups -OCH3 is 1. The molecule has 0 aliphatic heterocycles. The molecule has 3 fully saturated rings. The second-order valence-electron chi connectivity index (χ2n) is 11.6. The van der Waals surface area contributed by atoms with Crippen molar-refractivity contribution in [1.82, 2.24) is 5.32 Å². The van der Waals surface area contributed by atoms with E-state index in [-0.39, 0.29) is 17.3 Å². The predicted octanol–water partition coefficient (Wildman–Crippen LogP) is 5.60. The number of fused-ring (bicyclic) bond motifs is 5. The van der Waals surface area contributed by atoms with E-state index >= 15 is 0 Å². The summed E-state index contributed by atoms with van der Waals surface area (Å²) < 4.78 is 5.27. The van der Waals surface area contributed by atoms with E-state index in [9.17, 15) is 4.79 Å². The van der Waals surface area contributed by atoms with Gasteiger partial charge >= 0.3 is 5.97 Å². The number of ether oxygens (including phenoxy) is 1. The lowest BCUT2D eigenvalue weighted by Gasteiger charge is -2.62. The Balaban J connectivity index is 1.66. The molecule has 3 heteroatoms. The third-order valence-electron chi connectivity index (χ3n) is 9.78. The highest BCUT2D eigenvalue weighted by molar-refractivity contribution is 5.74. The highest BCUT2D eigenvalue weighted by Crippen LogP contribution is 2.67. The molecule has 4 aliphatic rings. The number of hydrogen-bond acceptors (Lipinski definition) is 3. The van der Waals surface area contributed by atoms with Crippen molar-refractivity contribution in [1.29, 1.82) is 0 Å². The van der Waals surface area contributed by atoms with Gasteiger partial charge in [0.15, 0.2) is 0 Å². The summed E-state index contributed by atoms with van der Waals surface area (Å²) in [5.41, 5.74) is 0.509. The van der Waals surface area contributed by atoms with Gasteiger partial charge in [0, 0.05) is 6.04 Å². The number of allylic oxidation sites excluding steroid dienone is 2. The lowest BCUT2D eigenvalue weighted by atomic mass is 9.44. The maximum atomic E-state index is 12.7. The van der Waals surface area contributed by atoms with Gasteiger partial charge in [-0.15, -0.1) is 0 Å². The second kappa shape index (κ2) is 8.02. The molecule has 0 heterocycles. The second-order valence-corrected chi connectivity index (χ2v) is 11.6. The largest absolute Gasteiger partial charge is 0.469 e. The summed E-state index contributed by atoms with van der Waals surface area (Å²) in [5, 5.41) is 4.05. The zero-order chi connectivity index (χ0) is 20.8. The lowest BCUT2D eigenvalue weighted by Crippen LogP contribution is -2.61. The van der Waals surface area contributed by atoms with Crippen LogP contribution in [0.1, 0.15) is 79.1 Å². The minimum absolute atomic E-state index is 0.0369. The van der Waals surface area contributed by atoms with Gasteiger partial charge in [-0.25, -0.2) is 0 Å². The van der Waals surface area contributed by atoms with E-state index in [0.29, 0.717) is 17.4 Å². The zero-order valence-electron chi connectivity index (χ0n) is 19.4. The van der Waals surface area contributed by atoms with Crippen LogP contribution in [0.3, 0.4) is 0 Å². The van der Waals surface area contributed by atoms with Crippen LogP contribution in [0.25, 0.3) is 0 Å². The molecule has 0 spiro atoms. The SMILES string of the molecule is COC(=O)C1CC[C@H]2[C@@H]3CCC4CC=CC[C@]4(C)[C@@H]3C(NCCC(C)C)C[C@]12C. The molecule has 0 aromatic heterocycles. The van der Waals surface area contributed by atoms with Gasteiger partial charge < -0.3 is 10.1 Å². The van der Waals surface area contributed by atoms with Crippen LogP contribution in [-0.2, 0) is 9.53 Å². The fourth-order valence-electron chi connectivity index (χ4n) is 8.31. The molecule has 3 unspecified atom stereocenters. The Bertz CT molecular complexity index is 643. The van der Waals surface area contributed by atoms with Crippen molar-refractivity contribution in [3.63, 3.8) is 0 Å². The van der Waals surface area contributed by atoms with E-state index < -0.39 is 0 Å². The fraction of sp³-hybridized carbons (Fsp3) is 0.885. The first-order valence-corrected chi connectivity index (χ1v) is 12.3. The fourth-order valence-corrected chi connectivity index (χ4v) is 8.31. The highest BCUT2D eigenvalue weighted by atomic mass is 16.5. The summed E-state index contributed by atoms with van der Waals surface area (Å²) in [6.45, 7) is 10.8. The standard InChI is InChI=1S/C26H43NO2/c1-17(2)13-15-27-22-16-26(4)20(11-12-21(26)24(28)29-5)19-10-9-18-8-6-7-14-25(18,3)23(19)22/h6-7,17-23,27H,8-16H2,1-5H3/t18?,19-,20-,21?,22?,23-,25-,26-/m0/s1. The molecule has 29 heavy (non-hydrogen) atoms. The van der Waals surface area contributed by atoms with Crippen LogP contribution in [0, 0.1) is 46.3 Å². The van der Waals surface area contributed by atoms with Crippen LogP contribution in [0.4, 0.5) is 0 Å². The van der Waals surface area contributed by atoms with Crippen molar-refractivity contribution in [3.05, 3.63) is 12.2 Å². The molecule has 0 bridgehead atoms. The van der Waals surface area contributed by atoms with Crippen LogP contribution >= 0.6 is 0 Å². The molecular formula is C26H43NO2. The van der Waals surface area contributed by atoms with Crippen LogP contribution in [0.15, 0.2) is 12.2 Å². The summed E-state index contributed by atoms with van der Waals surface area (Å²) in [7, 11) is 1.57. The first-order valence-electron chi connectivity index (χ1n) is 12.3. The molecule has 0 aromatic rings. The van der Waals surface area contributed by atoms with E-state index in [2.05, 4.69) is 45.2 Å². The normalized spacial score (nSPS) is 46.1. The van der Waals surface area contributed by atoms with E-state index in [1.54, 1.807) is 7.11 Å². The van der Waals surface area contributed by atoms with Crippen molar-refractivity contribution in [2.75, 3.05) is 13.7 Å². The number of esters is 1. The Kier molecular flexibility index (Phi) is 5.92. The number of carbonyl (C=O) groups excluding carboxylic acids is 1. The Labute approximate surface area is 178 Å². The molecule has 3 saturated carbocycles. The molecule has 4 aliphatic carbocycles. The molecule has 0 saturated heterocycles. The quantitative estimate of drug-likeness (QED) is 0.481. The number of nitrogens with one attached hydrogen (secondary N) is 1. The Morgan fingerprint density at radius 1 is 1.14 bits per heavy atom. The lowest BCUT2D eigenvalue weighted by molar-refractivity contribution is -0.156. The molecule has 0 aromatic carbocycles. The maximum Gasteiger partial charge on any atom is 0.309 e. The highest BCUT2D eigenvalue weighted by Gasteiger charge is 2.63. The van der Waals surface area contributed by atoms with Gasteiger partial charge in [0.05, 0.1) is 13.0 Å². The minimum atomic E-state index is 0.0369. The smallest absolute Gasteiger partial charge is 0.309 e.